The summed E-state index contributed by atoms with van der Waals surface area (Å²) in [6, 6.07) is 0. The number of hydrogen-bond acceptors (Lipinski definition) is 0. The zero-order valence-electron chi connectivity index (χ0n) is 7.03. The maximum atomic E-state index is 2.00. The van der Waals surface area contributed by atoms with Crippen molar-refractivity contribution in [1.29, 1.82) is 0 Å². The minimum absolute atomic E-state index is 0. The summed E-state index contributed by atoms with van der Waals surface area (Å²) in [4.78, 5) is 0. The third kappa shape index (κ3) is 12.3. The van der Waals surface area contributed by atoms with E-state index in [0.717, 1.165) is 0 Å². The molecule has 0 aromatic carbocycles. The molecule has 2 radical (unpaired) electrons. The third-order valence-electron chi connectivity index (χ3n) is 1.11. The van der Waals surface area contributed by atoms with Crippen LogP contribution in [0.3, 0.4) is 0 Å². The maximum absolute atomic E-state index is 2.00. The van der Waals surface area contributed by atoms with Gasteiger partial charge in [0.1, 0.15) is 0 Å². The number of halogens is 2. The van der Waals surface area contributed by atoms with Gasteiger partial charge in [-0.25, -0.2) is 0 Å². The van der Waals surface area contributed by atoms with Crippen LogP contribution in [-0.2, 0) is 21.7 Å². The molecule has 2 aliphatic carbocycles. The first kappa shape index (κ1) is 18.9. The first-order valence-electron chi connectivity index (χ1n) is 3.33. The molecule has 0 aliphatic heterocycles. The van der Waals surface area contributed by atoms with Crippen LogP contribution < -0.4 is 24.8 Å². The molecule has 3 heteroatoms. The van der Waals surface area contributed by atoms with Crippen LogP contribution in [0.15, 0.2) is 48.6 Å². The Balaban J connectivity index is -0.000000125. The zero-order valence-corrected chi connectivity index (χ0v) is 10.1. The smallest absolute Gasteiger partial charge is 1.00 e. The van der Waals surface area contributed by atoms with Crippen LogP contribution in [0.4, 0.5) is 0 Å². The van der Waals surface area contributed by atoms with E-state index in [2.05, 4.69) is 0 Å². The van der Waals surface area contributed by atoms with Crippen LogP contribution in [0.25, 0.3) is 0 Å². The summed E-state index contributed by atoms with van der Waals surface area (Å²) in [6.45, 7) is 0. The van der Waals surface area contributed by atoms with Crippen molar-refractivity contribution in [3.8, 4) is 0 Å². The Morgan fingerprint density at radius 3 is 0.692 bits per heavy atom. The SMILES string of the molecule is [CH]1C=CC=C1.[CH]1C=CC=C1.[Cl-].[Cl-].[Ti+2]. The predicted molar refractivity (Wildman–Crippen MR) is 45.2 cm³/mol. The van der Waals surface area contributed by atoms with Gasteiger partial charge in [-0.2, -0.15) is 0 Å². The number of rotatable bonds is 0. The molecule has 0 unspecified atom stereocenters. The van der Waals surface area contributed by atoms with Gasteiger partial charge in [0.05, 0.1) is 0 Å². The van der Waals surface area contributed by atoms with Gasteiger partial charge < -0.3 is 24.8 Å². The fourth-order valence-corrected chi connectivity index (χ4v) is 0.642. The van der Waals surface area contributed by atoms with Crippen LogP contribution in [0, 0.1) is 12.8 Å². The molecular formula is C10H10Cl2Ti. The molecule has 0 amide bonds. The van der Waals surface area contributed by atoms with Crippen LogP contribution >= 0.6 is 0 Å². The topological polar surface area (TPSA) is 0 Å². The molecule has 2 aliphatic rings. The maximum Gasteiger partial charge on any atom is 2.00 e. The molecule has 0 saturated heterocycles. The summed E-state index contributed by atoms with van der Waals surface area (Å²) >= 11 is 0. The molecule has 0 nitrogen and oxygen atoms in total. The standard InChI is InChI=1S/2C5H5.2ClH.Ti/c2*1-2-4-5-3-1;;;/h2*1-5H;2*1H;/q;;;;+2/p-2. The Labute approximate surface area is 108 Å². The molecule has 0 heterocycles. The Bertz CT molecular complexity index is 151. The summed E-state index contributed by atoms with van der Waals surface area (Å²) in [5.41, 5.74) is 0. The van der Waals surface area contributed by atoms with E-state index < -0.39 is 0 Å². The van der Waals surface area contributed by atoms with Gasteiger partial charge in [0.2, 0.25) is 0 Å². The van der Waals surface area contributed by atoms with E-state index >= 15 is 0 Å². The van der Waals surface area contributed by atoms with Crippen LogP contribution in [0.2, 0.25) is 0 Å². The van der Waals surface area contributed by atoms with Gasteiger partial charge >= 0.3 is 21.7 Å². The van der Waals surface area contributed by atoms with Gasteiger partial charge in [0.15, 0.2) is 0 Å². The van der Waals surface area contributed by atoms with Gasteiger partial charge in [-0.3, -0.25) is 0 Å². The summed E-state index contributed by atoms with van der Waals surface area (Å²) in [7, 11) is 0. The van der Waals surface area contributed by atoms with E-state index in [0.29, 0.717) is 0 Å². The second kappa shape index (κ2) is 14.8. The van der Waals surface area contributed by atoms with E-state index in [1.807, 2.05) is 61.4 Å². The Morgan fingerprint density at radius 2 is 0.615 bits per heavy atom. The molecule has 13 heavy (non-hydrogen) atoms. The average Bonchev–Trinajstić information content (AvgIpc) is 2.67. The fourth-order valence-electron chi connectivity index (χ4n) is 0.642. The van der Waals surface area contributed by atoms with Gasteiger partial charge in [-0.05, 0) is 0 Å². The Morgan fingerprint density at radius 1 is 0.385 bits per heavy atom. The molecule has 0 saturated carbocycles. The Kier molecular flexibility index (Phi) is 21.5. The van der Waals surface area contributed by atoms with Crippen molar-refractivity contribution in [2.75, 3.05) is 0 Å². The minimum Gasteiger partial charge on any atom is -1.00 e. The summed E-state index contributed by atoms with van der Waals surface area (Å²) in [5, 5.41) is 0. The summed E-state index contributed by atoms with van der Waals surface area (Å²) in [5.74, 6) is 0. The number of allylic oxidation sites excluding steroid dienone is 8. The molecule has 0 N–H and O–H groups in total. The van der Waals surface area contributed by atoms with E-state index in [-0.39, 0.29) is 46.5 Å². The quantitative estimate of drug-likeness (QED) is 0.393. The number of hydrogen-bond donors (Lipinski definition) is 0. The summed E-state index contributed by atoms with van der Waals surface area (Å²) < 4.78 is 0. The normalized spacial score (nSPS) is 13.5. The van der Waals surface area contributed by atoms with E-state index in [9.17, 15) is 0 Å². The van der Waals surface area contributed by atoms with Crippen molar-refractivity contribution < 1.29 is 46.5 Å². The largest absolute Gasteiger partial charge is 2.00 e. The van der Waals surface area contributed by atoms with Crippen LogP contribution in [-0.4, -0.2) is 0 Å². The molecule has 0 fully saturated rings. The van der Waals surface area contributed by atoms with Crippen molar-refractivity contribution in [3.05, 3.63) is 61.4 Å². The van der Waals surface area contributed by atoms with Crippen molar-refractivity contribution in [1.82, 2.24) is 0 Å². The molecule has 0 aromatic rings. The van der Waals surface area contributed by atoms with Gasteiger partial charge in [0.25, 0.3) is 0 Å². The molecule has 2 rings (SSSR count). The second-order valence-electron chi connectivity index (χ2n) is 1.92. The first-order chi connectivity index (χ1) is 5.00. The molecule has 0 atom stereocenters. The molecule has 0 aromatic heterocycles. The Hall–Kier alpha value is 0.254. The monoisotopic (exact) mass is 248 g/mol. The molecular weight excluding hydrogens is 239 g/mol. The minimum atomic E-state index is 0. The molecule has 0 bridgehead atoms. The average molecular weight is 249 g/mol. The summed E-state index contributed by atoms with van der Waals surface area (Å²) in [6.07, 6.45) is 20.0. The van der Waals surface area contributed by atoms with Crippen molar-refractivity contribution in [3.63, 3.8) is 0 Å². The first-order valence-corrected chi connectivity index (χ1v) is 3.33. The van der Waals surface area contributed by atoms with Crippen molar-refractivity contribution >= 4 is 0 Å². The van der Waals surface area contributed by atoms with Crippen LogP contribution in [0.5, 0.6) is 0 Å². The zero-order chi connectivity index (χ0) is 7.07. The van der Waals surface area contributed by atoms with Gasteiger partial charge in [-0.15, -0.1) is 0 Å². The second-order valence-corrected chi connectivity index (χ2v) is 1.92. The van der Waals surface area contributed by atoms with Gasteiger partial charge in [0, 0.05) is 12.8 Å². The van der Waals surface area contributed by atoms with Crippen molar-refractivity contribution in [2.24, 2.45) is 0 Å². The van der Waals surface area contributed by atoms with E-state index in [4.69, 9.17) is 0 Å². The third-order valence-corrected chi connectivity index (χ3v) is 1.11. The molecule has 68 valence electrons. The van der Waals surface area contributed by atoms with Gasteiger partial charge in [-0.1, -0.05) is 48.6 Å². The predicted octanol–water partition coefficient (Wildman–Crippen LogP) is -3.36. The van der Waals surface area contributed by atoms with E-state index in [1.54, 1.807) is 0 Å². The molecule has 0 spiro atoms. The van der Waals surface area contributed by atoms with Crippen molar-refractivity contribution in [2.45, 2.75) is 0 Å². The van der Waals surface area contributed by atoms with E-state index in [1.165, 1.54) is 0 Å². The van der Waals surface area contributed by atoms with Crippen LogP contribution in [0.1, 0.15) is 0 Å². The fraction of sp³-hybridized carbons (Fsp3) is 0.